The van der Waals surface area contributed by atoms with Crippen LogP contribution in [0.3, 0.4) is 0 Å². The Hall–Kier alpha value is -1.45. The van der Waals surface area contributed by atoms with E-state index >= 15 is 0 Å². The number of rotatable bonds is 7. The van der Waals surface area contributed by atoms with Crippen molar-refractivity contribution in [2.24, 2.45) is 5.92 Å². The van der Waals surface area contributed by atoms with Gasteiger partial charge in [-0.05, 0) is 84.7 Å². The summed E-state index contributed by atoms with van der Waals surface area (Å²) in [5.41, 5.74) is 2.59. The van der Waals surface area contributed by atoms with Gasteiger partial charge < -0.3 is 5.32 Å². The first-order chi connectivity index (χ1) is 12.6. The Kier molecular flexibility index (Phi) is 7.41. The van der Waals surface area contributed by atoms with Crippen LogP contribution in [0, 0.1) is 23.3 Å². The number of sulfonamides is 1. The average molecular weight is 500 g/mol. The van der Waals surface area contributed by atoms with Gasteiger partial charge in [0, 0.05) is 9.26 Å². The summed E-state index contributed by atoms with van der Waals surface area (Å²) in [5, 5.41) is 2.86. The van der Waals surface area contributed by atoms with E-state index in [-0.39, 0.29) is 16.7 Å². The molecular formula is C20H25IN2O3S. The summed E-state index contributed by atoms with van der Waals surface area (Å²) in [7, 11) is -3.79. The fourth-order valence-corrected chi connectivity index (χ4v) is 4.50. The van der Waals surface area contributed by atoms with Crippen molar-refractivity contribution < 1.29 is 13.2 Å². The van der Waals surface area contributed by atoms with Crippen LogP contribution < -0.4 is 10.0 Å². The molecule has 0 saturated heterocycles. The van der Waals surface area contributed by atoms with Gasteiger partial charge in [0.05, 0.1) is 4.90 Å². The molecule has 2 aromatic rings. The molecule has 0 unspecified atom stereocenters. The summed E-state index contributed by atoms with van der Waals surface area (Å²) >= 11 is 2.21. The summed E-state index contributed by atoms with van der Waals surface area (Å²) in [6.45, 7) is 7.71. The quantitative estimate of drug-likeness (QED) is 0.559. The minimum absolute atomic E-state index is 0.152. The van der Waals surface area contributed by atoms with Crippen LogP contribution in [-0.4, -0.2) is 20.4 Å². The number of carbonyl (C=O) groups is 1. The number of halogens is 1. The number of aryl methyl sites for hydroxylation is 2. The van der Waals surface area contributed by atoms with E-state index in [4.69, 9.17) is 0 Å². The van der Waals surface area contributed by atoms with E-state index in [1.165, 1.54) is 0 Å². The second-order valence-electron chi connectivity index (χ2n) is 7.06. The van der Waals surface area contributed by atoms with Gasteiger partial charge in [0.1, 0.15) is 6.04 Å². The summed E-state index contributed by atoms with van der Waals surface area (Å²) in [4.78, 5) is 13.0. The van der Waals surface area contributed by atoms with Gasteiger partial charge in [-0.2, -0.15) is 4.72 Å². The largest absolute Gasteiger partial charge is 0.324 e. The molecule has 146 valence electrons. The van der Waals surface area contributed by atoms with E-state index < -0.39 is 16.1 Å². The first kappa shape index (κ1) is 21.8. The third-order valence-corrected chi connectivity index (χ3v) is 6.26. The van der Waals surface area contributed by atoms with Gasteiger partial charge in [-0.15, -0.1) is 0 Å². The highest BCUT2D eigenvalue weighted by molar-refractivity contribution is 14.1. The van der Waals surface area contributed by atoms with E-state index in [1.807, 2.05) is 45.9 Å². The van der Waals surface area contributed by atoms with Gasteiger partial charge in [-0.1, -0.05) is 31.5 Å². The second-order valence-corrected chi connectivity index (χ2v) is 10.0. The zero-order valence-electron chi connectivity index (χ0n) is 15.9. The highest BCUT2D eigenvalue weighted by Crippen LogP contribution is 2.19. The number of nitrogens with one attached hydrogen (secondary N) is 2. The highest BCUT2D eigenvalue weighted by Gasteiger charge is 2.26. The van der Waals surface area contributed by atoms with Crippen LogP contribution >= 0.6 is 22.6 Å². The molecule has 5 nitrogen and oxygen atoms in total. The molecule has 0 aliphatic rings. The maximum absolute atomic E-state index is 12.8. The molecule has 1 atom stereocenters. The van der Waals surface area contributed by atoms with E-state index in [0.29, 0.717) is 12.1 Å². The minimum Gasteiger partial charge on any atom is -0.324 e. The van der Waals surface area contributed by atoms with Crippen molar-refractivity contribution in [1.29, 1.82) is 0 Å². The second kappa shape index (κ2) is 9.16. The third kappa shape index (κ3) is 6.29. The van der Waals surface area contributed by atoms with Crippen molar-refractivity contribution in [2.45, 2.75) is 45.1 Å². The molecule has 2 rings (SSSR count). The summed E-state index contributed by atoms with van der Waals surface area (Å²) in [5.74, 6) is -0.206. The van der Waals surface area contributed by atoms with Crippen LogP contribution in [0.1, 0.15) is 31.4 Å². The van der Waals surface area contributed by atoms with Gasteiger partial charge in [-0.3, -0.25) is 4.79 Å². The first-order valence-corrected chi connectivity index (χ1v) is 11.3. The Morgan fingerprint density at radius 1 is 1.07 bits per heavy atom. The number of amides is 1. The Labute approximate surface area is 175 Å². The molecule has 27 heavy (non-hydrogen) atoms. The number of hydrogen-bond acceptors (Lipinski definition) is 3. The molecule has 0 aliphatic heterocycles. The normalized spacial score (nSPS) is 12.8. The topological polar surface area (TPSA) is 75.3 Å². The van der Waals surface area contributed by atoms with Crippen LogP contribution in [-0.2, 0) is 14.8 Å². The lowest BCUT2D eigenvalue weighted by Crippen LogP contribution is -2.44. The molecule has 0 aromatic heterocycles. The lowest BCUT2D eigenvalue weighted by atomic mass is 10.0. The van der Waals surface area contributed by atoms with Crippen LogP contribution in [0.5, 0.6) is 0 Å². The summed E-state index contributed by atoms with van der Waals surface area (Å²) in [6.07, 6.45) is 0.403. The predicted octanol–water partition coefficient (Wildman–Crippen LogP) is 4.24. The third-order valence-electron chi connectivity index (χ3n) is 4.10. The zero-order valence-corrected chi connectivity index (χ0v) is 18.9. The van der Waals surface area contributed by atoms with E-state index in [9.17, 15) is 13.2 Å². The maximum atomic E-state index is 12.8. The Bertz CT molecular complexity index is 909. The smallest absolute Gasteiger partial charge is 0.242 e. The summed E-state index contributed by atoms with van der Waals surface area (Å²) in [6, 6.07) is 11.4. The molecule has 7 heteroatoms. The van der Waals surface area contributed by atoms with Gasteiger partial charge in [0.15, 0.2) is 0 Å². The SMILES string of the molecule is Cc1ccc(S(=O)(=O)N[C@@H](CC(C)C)C(=O)Nc2ccc(I)cc2C)cc1. The van der Waals surface area contributed by atoms with Crippen molar-refractivity contribution in [1.82, 2.24) is 4.72 Å². The predicted molar refractivity (Wildman–Crippen MR) is 117 cm³/mol. The lowest BCUT2D eigenvalue weighted by molar-refractivity contribution is -0.118. The molecule has 0 saturated carbocycles. The van der Waals surface area contributed by atoms with Crippen LogP contribution in [0.15, 0.2) is 47.4 Å². The fourth-order valence-electron chi connectivity index (χ4n) is 2.64. The highest BCUT2D eigenvalue weighted by atomic mass is 127. The van der Waals surface area contributed by atoms with Gasteiger partial charge in [0.2, 0.25) is 15.9 Å². The van der Waals surface area contributed by atoms with Crippen molar-refractivity contribution in [3.63, 3.8) is 0 Å². The van der Waals surface area contributed by atoms with E-state index in [2.05, 4.69) is 32.6 Å². The summed E-state index contributed by atoms with van der Waals surface area (Å²) < 4.78 is 29.1. The Morgan fingerprint density at radius 2 is 1.70 bits per heavy atom. The molecule has 0 bridgehead atoms. The van der Waals surface area contributed by atoms with Crippen LogP contribution in [0.4, 0.5) is 5.69 Å². The van der Waals surface area contributed by atoms with Crippen molar-refractivity contribution in [3.8, 4) is 0 Å². The fraction of sp³-hybridized carbons (Fsp3) is 0.350. The van der Waals surface area contributed by atoms with Crippen LogP contribution in [0.2, 0.25) is 0 Å². The van der Waals surface area contributed by atoms with Crippen molar-refractivity contribution >= 4 is 44.2 Å². The van der Waals surface area contributed by atoms with Gasteiger partial charge in [0.25, 0.3) is 0 Å². The lowest BCUT2D eigenvalue weighted by Gasteiger charge is -2.21. The minimum atomic E-state index is -3.79. The molecule has 2 N–H and O–H groups in total. The molecule has 1 amide bonds. The number of carbonyl (C=O) groups excluding carboxylic acids is 1. The van der Waals surface area contributed by atoms with Crippen molar-refractivity contribution in [3.05, 3.63) is 57.2 Å². The molecule has 0 radical (unpaired) electrons. The number of anilines is 1. The van der Waals surface area contributed by atoms with E-state index in [0.717, 1.165) is 14.7 Å². The zero-order chi connectivity index (χ0) is 20.2. The molecule has 0 aliphatic carbocycles. The molecule has 0 heterocycles. The molecular weight excluding hydrogens is 475 g/mol. The number of hydrogen-bond donors (Lipinski definition) is 2. The van der Waals surface area contributed by atoms with E-state index in [1.54, 1.807) is 24.3 Å². The standard InChI is InChI=1S/C20H25IN2O3S/c1-13(2)11-19(20(24)22-18-10-7-16(21)12-15(18)4)23-27(25,26)17-8-5-14(3)6-9-17/h5-10,12-13,19,23H,11H2,1-4H3,(H,22,24)/t19-/m0/s1. The van der Waals surface area contributed by atoms with Gasteiger partial charge in [-0.25, -0.2) is 8.42 Å². The van der Waals surface area contributed by atoms with Gasteiger partial charge >= 0.3 is 0 Å². The average Bonchev–Trinajstić information content (AvgIpc) is 2.56. The molecule has 2 aromatic carbocycles. The van der Waals surface area contributed by atoms with Crippen LogP contribution in [0.25, 0.3) is 0 Å². The molecule has 0 fully saturated rings. The monoisotopic (exact) mass is 500 g/mol. The Balaban J connectivity index is 2.23. The maximum Gasteiger partial charge on any atom is 0.242 e. The Morgan fingerprint density at radius 3 is 2.26 bits per heavy atom. The first-order valence-electron chi connectivity index (χ1n) is 8.74. The number of benzene rings is 2. The molecule has 0 spiro atoms. The van der Waals surface area contributed by atoms with Crippen molar-refractivity contribution in [2.75, 3.05) is 5.32 Å².